The maximum absolute atomic E-state index is 13.2. The first-order valence-electron chi connectivity index (χ1n) is 9.37. The molecule has 2 aromatic carbocycles. The highest BCUT2D eigenvalue weighted by molar-refractivity contribution is 5.94. The first-order chi connectivity index (χ1) is 13.9. The van der Waals surface area contributed by atoms with Crippen LogP contribution in [0.25, 0.3) is 22.1 Å². The number of rotatable bonds is 2. The molecule has 0 saturated carbocycles. The summed E-state index contributed by atoms with van der Waals surface area (Å²) in [6.45, 7) is 3.80. The molecule has 4 aromatic rings. The van der Waals surface area contributed by atoms with Crippen LogP contribution in [0.5, 0.6) is 0 Å². The zero-order valence-corrected chi connectivity index (χ0v) is 15.6. The van der Waals surface area contributed by atoms with Crippen molar-refractivity contribution in [2.75, 3.05) is 18.0 Å². The zero-order chi connectivity index (χ0) is 20.3. The number of anilines is 1. The van der Waals surface area contributed by atoms with E-state index in [0.29, 0.717) is 11.2 Å². The van der Waals surface area contributed by atoms with E-state index < -0.39 is 11.7 Å². The summed E-state index contributed by atoms with van der Waals surface area (Å²) < 4.78 is 41.6. The van der Waals surface area contributed by atoms with Crippen molar-refractivity contribution in [2.45, 2.75) is 19.5 Å². The molecule has 0 radical (unpaired) electrons. The molecular formula is C21H18F3N4O+. The lowest BCUT2D eigenvalue weighted by molar-refractivity contribution is -0.555. The second-order valence-electron chi connectivity index (χ2n) is 7.30. The third-order valence-corrected chi connectivity index (χ3v) is 5.56. The Hall–Kier alpha value is -3.29. The number of pyridine rings is 1. The molecule has 0 atom stereocenters. The van der Waals surface area contributed by atoms with Crippen LogP contribution in [0, 0.1) is 6.92 Å². The van der Waals surface area contributed by atoms with Crippen LogP contribution in [0.15, 0.2) is 53.3 Å². The van der Waals surface area contributed by atoms with E-state index in [1.165, 1.54) is 16.8 Å². The number of halogens is 3. The van der Waals surface area contributed by atoms with Gasteiger partial charge in [0.15, 0.2) is 11.2 Å². The lowest BCUT2D eigenvalue weighted by atomic mass is 10.0. The number of benzene rings is 2. The first kappa shape index (κ1) is 17.8. The number of fused-ring (bicyclic) bond motifs is 3. The highest BCUT2D eigenvalue weighted by atomic mass is 19.4. The third kappa shape index (κ3) is 2.62. The van der Waals surface area contributed by atoms with Crippen LogP contribution in [-0.2, 0) is 6.18 Å². The minimum atomic E-state index is -4.42. The van der Waals surface area contributed by atoms with Crippen LogP contribution < -0.4 is 15.0 Å². The number of aromatic amines is 1. The van der Waals surface area contributed by atoms with Gasteiger partial charge in [0.05, 0.1) is 11.3 Å². The fourth-order valence-corrected chi connectivity index (χ4v) is 4.00. The van der Waals surface area contributed by atoms with Gasteiger partial charge < -0.3 is 4.90 Å². The molecule has 0 unspecified atom stereocenters. The van der Waals surface area contributed by atoms with Crippen LogP contribution >= 0.6 is 0 Å². The first-order valence-corrected chi connectivity index (χ1v) is 9.37. The van der Waals surface area contributed by atoms with Crippen LogP contribution in [0.1, 0.15) is 17.5 Å². The number of aromatic nitrogens is 3. The number of nitrogens with one attached hydrogen (secondary N) is 1. The Morgan fingerprint density at radius 1 is 1.03 bits per heavy atom. The van der Waals surface area contributed by atoms with Gasteiger partial charge in [0.2, 0.25) is 5.52 Å². The van der Waals surface area contributed by atoms with Gasteiger partial charge in [-0.2, -0.15) is 13.2 Å². The molecule has 0 spiro atoms. The average Bonchev–Trinajstić information content (AvgIpc) is 3.01. The fourth-order valence-electron chi connectivity index (χ4n) is 4.00. The van der Waals surface area contributed by atoms with Gasteiger partial charge in [-0.3, -0.25) is 0 Å². The van der Waals surface area contributed by atoms with E-state index in [0.717, 1.165) is 53.8 Å². The largest absolute Gasteiger partial charge is 0.416 e. The van der Waals surface area contributed by atoms with Gasteiger partial charge in [0.1, 0.15) is 0 Å². The van der Waals surface area contributed by atoms with Crippen LogP contribution in [0.2, 0.25) is 0 Å². The predicted molar refractivity (Wildman–Crippen MR) is 104 cm³/mol. The lowest BCUT2D eigenvalue weighted by Gasteiger charge is -2.34. The van der Waals surface area contributed by atoms with E-state index in [2.05, 4.69) is 10.1 Å². The number of aryl methyl sites for hydroxylation is 1. The normalized spacial score (nSPS) is 14.6. The van der Waals surface area contributed by atoms with E-state index in [-0.39, 0.29) is 5.56 Å². The van der Waals surface area contributed by atoms with Crippen LogP contribution in [-0.4, -0.2) is 23.0 Å². The molecule has 5 rings (SSSR count). The summed E-state index contributed by atoms with van der Waals surface area (Å²) in [4.78, 5) is 15.5. The van der Waals surface area contributed by atoms with Crippen LogP contribution in [0.4, 0.5) is 18.9 Å². The van der Waals surface area contributed by atoms with Gasteiger partial charge in [-0.1, -0.05) is 22.0 Å². The molecule has 5 nitrogen and oxygen atoms in total. The van der Waals surface area contributed by atoms with Crippen LogP contribution in [0.3, 0.4) is 0 Å². The summed E-state index contributed by atoms with van der Waals surface area (Å²) in [5, 5.41) is 4.08. The number of alkyl halides is 3. The maximum atomic E-state index is 13.2. The molecule has 8 heteroatoms. The third-order valence-electron chi connectivity index (χ3n) is 5.56. The van der Waals surface area contributed by atoms with Crippen molar-refractivity contribution in [1.82, 2.24) is 9.90 Å². The summed E-state index contributed by atoms with van der Waals surface area (Å²) in [5.74, 6) is 0. The van der Waals surface area contributed by atoms with Crippen molar-refractivity contribution >= 4 is 22.1 Å². The maximum Gasteiger partial charge on any atom is 0.416 e. The second kappa shape index (κ2) is 6.10. The van der Waals surface area contributed by atoms with Gasteiger partial charge in [-0.05, 0) is 49.7 Å². The van der Waals surface area contributed by atoms with Crippen molar-refractivity contribution in [2.24, 2.45) is 0 Å². The van der Waals surface area contributed by atoms with Crippen molar-refractivity contribution in [1.29, 1.82) is 0 Å². The van der Waals surface area contributed by atoms with Gasteiger partial charge in [0, 0.05) is 24.0 Å². The summed E-state index contributed by atoms with van der Waals surface area (Å²) in [5.41, 5.74) is 2.54. The molecule has 0 bridgehead atoms. The van der Waals surface area contributed by atoms with Crippen molar-refractivity contribution < 1.29 is 17.7 Å². The molecule has 0 amide bonds. The Labute approximate surface area is 163 Å². The number of hydrogen-bond donors (Lipinski definition) is 1. The number of hydrogen-bond acceptors (Lipinski definition) is 2. The van der Waals surface area contributed by atoms with Gasteiger partial charge in [-0.15, -0.1) is 4.52 Å². The smallest absolute Gasteiger partial charge is 0.370 e. The summed E-state index contributed by atoms with van der Waals surface area (Å²) >= 11 is 0. The number of para-hydroxylation sites is 1. The number of nitrogens with zero attached hydrogens (tertiary/aromatic N) is 3. The van der Waals surface area contributed by atoms with Gasteiger partial charge in [0.25, 0.3) is 0 Å². The predicted octanol–water partition coefficient (Wildman–Crippen LogP) is 3.59. The minimum Gasteiger partial charge on any atom is -0.370 e. The van der Waals surface area contributed by atoms with Crippen molar-refractivity contribution in [3.63, 3.8) is 0 Å². The summed E-state index contributed by atoms with van der Waals surface area (Å²) in [6, 6.07) is 12.4. The molecule has 1 N–H and O–H groups in total. The summed E-state index contributed by atoms with van der Waals surface area (Å²) in [6.07, 6.45) is -3.31. The fraction of sp³-hybridized carbons (Fsp3) is 0.238. The Bertz CT molecular complexity index is 1300. The second-order valence-corrected chi connectivity index (χ2v) is 7.30. The van der Waals surface area contributed by atoms with Crippen molar-refractivity contribution in [3.8, 4) is 5.69 Å². The zero-order valence-electron chi connectivity index (χ0n) is 15.6. The quantitative estimate of drug-likeness (QED) is 0.524. The molecule has 1 saturated heterocycles. The average molecular weight is 399 g/mol. The van der Waals surface area contributed by atoms with E-state index in [4.69, 9.17) is 0 Å². The molecule has 1 aliphatic rings. The monoisotopic (exact) mass is 399 g/mol. The molecule has 3 heterocycles. The van der Waals surface area contributed by atoms with Gasteiger partial charge in [-0.25, -0.2) is 4.79 Å². The molecule has 148 valence electrons. The lowest BCUT2D eigenvalue weighted by Crippen LogP contribution is -2.39. The highest BCUT2D eigenvalue weighted by Gasteiger charge is 2.31. The standard InChI is InChI=1S/C21H17F3N4O/c1-13-18(26-11-4-12-26)16-5-2-3-6-17(16)28-19(13)20(29)27(25-28)15-9-7-14(8-10-15)21(22,23)24/h2-3,5-10H,4,11-12H2,1H3/p+1. The SMILES string of the molecule is Cc1c(N2CCC2)c2ccccc2[n+]2[nH]n(-c3ccc(C(F)(F)F)cc3)c(=O)c12. The molecule has 0 aliphatic carbocycles. The minimum absolute atomic E-state index is 0.296. The summed E-state index contributed by atoms with van der Waals surface area (Å²) in [7, 11) is 0. The Balaban J connectivity index is 1.78. The molecule has 29 heavy (non-hydrogen) atoms. The molecule has 1 fully saturated rings. The molecular weight excluding hydrogens is 381 g/mol. The Kier molecular flexibility index (Phi) is 3.74. The van der Waals surface area contributed by atoms with Crippen molar-refractivity contribution in [3.05, 3.63) is 70.0 Å². The number of H-pyrrole nitrogens is 1. The van der Waals surface area contributed by atoms with Gasteiger partial charge >= 0.3 is 11.7 Å². The molecule has 2 aromatic heterocycles. The Morgan fingerprint density at radius 2 is 1.72 bits per heavy atom. The molecule has 1 aliphatic heterocycles. The Morgan fingerprint density at radius 3 is 2.34 bits per heavy atom. The topological polar surface area (TPSA) is 45.1 Å². The highest BCUT2D eigenvalue weighted by Crippen LogP contribution is 2.33. The van der Waals surface area contributed by atoms with E-state index in [1.807, 2.05) is 31.2 Å². The van der Waals surface area contributed by atoms with E-state index in [1.54, 1.807) is 4.52 Å². The van der Waals surface area contributed by atoms with E-state index in [9.17, 15) is 18.0 Å². The van der Waals surface area contributed by atoms with E-state index >= 15 is 0 Å².